The summed E-state index contributed by atoms with van der Waals surface area (Å²) in [7, 11) is 0. The molecule has 0 N–H and O–H groups in total. The van der Waals surface area contributed by atoms with Gasteiger partial charge in [-0.25, -0.2) is 0 Å². The van der Waals surface area contributed by atoms with E-state index in [9.17, 15) is 0 Å². The zero-order chi connectivity index (χ0) is 9.42. The Kier molecular flexibility index (Phi) is 2.08. The van der Waals surface area contributed by atoms with E-state index in [2.05, 4.69) is 46.9 Å². The van der Waals surface area contributed by atoms with E-state index in [1.165, 1.54) is 16.5 Å². The summed E-state index contributed by atoms with van der Waals surface area (Å²) in [6.07, 6.45) is 1.83. The van der Waals surface area contributed by atoms with Crippen LogP contribution in [0.1, 0.15) is 11.1 Å². The molecule has 66 valence electrons. The van der Waals surface area contributed by atoms with Gasteiger partial charge in [0.15, 0.2) is 0 Å². The van der Waals surface area contributed by atoms with Gasteiger partial charge in [0.05, 0.1) is 5.52 Å². The van der Waals surface area contributed by atoms with Crippen molar-refractivity contribution in [3.05, 3.63) is 40.0 Å². The van der Waals surface area contributed by atoms with Crippen molar-refractivity contribution in [1.82, 2.24) is 4.98 Å². The molecule has 0 amide bonds. The minimum Gasteiger partial charge on any atom is -0.256 e. The van der Waals surface area contributed by atoms with Crippen molar-refractivity contribution in [2.45, 2.75) is 13.8 Å². The van der Waals surface area contributed by atoms with Gasteiger partial charge in [-0.15, -0.1) is 0 Å². The zero-order valence-electron chi connectivity index (χ0n) is 7.63. The molecule has 0 fully saturated rings. The lowest BCUT2D eigenvalue weighted by atomic mass is 10.1. The van der Waals surface area contributed by atoms with Gasteiger partial charge >= 0.3 is 0 Å². The summed E-state index contributed by atoms with van der Waals surface area (Å²) < 4.78 is 1.11. The van der Waals surface area contributed by atoms with E-state index < -0.39 is 0 Å². The molecule has 0 saturated heterocycles. The van der Waals surface area contributed by atoms with Crippen LogP contribution in [0.15, 0.2) is 28.9 Å². The third-order valence-corrected chi connectivity index (χ3v) is 3.08. The molecule has 0 bridgehead atoms. The van der Waals surface area contributed by atoms with Crippen molar-refractivity contribution in [2.24, 2.45) is 0 Å². The fraction of sp³-hybridized carbons (Fsp3) is 0.182. The number of rotatable bonds is 0. The Bertz CT molecular complexity index is 463. The maximum atomic E-state index is 4.37. The van der Waals surface area contributed by atoms with Gasteiger partial charge in [-0.1, -0.05) is 28.1 Å². The van der Waals surface area contributed by atoms with E-state index >= 15 is 0 Å². The second-order valence-electron chi connectivity index (χ2n) is 3.20. The largest absolute Gasteiger partial charge is 0.256 e. The third-order valence-electron chi connectivity index (χ3n) is 2.38. The van der Waals surface area contributed by atoms with Gasteiger partial charge in [-0.05, 0) is 31.0 Å². The highest BCUT2D eigenvalue weighted by Gasteiger charge is 2.03. The molecule has 2 aromatic rings. The Hall–Kier alpha value is -0.890. The molecule has 0 spiro atoms. The lowest BCUT2D eigenvalue weighted by Gasteiger charge is -2.05. The summed E-state index contributed by atoms with van der Waals surface area (Å²) >= 11 is 3.52. The standard InChI is InChI=1S/C11H10BrN/c1-7-3-4-9-10(12)5-6-13-11(9)8(7)2/h3-6H,1-2H3. The van der Waals surface area contributed by atoms with Gasteiger partial charge in [0.25, 0.3) is 0 Å². The Morgan fingerprint density at radius 2 is 1.92 bits per heavy atom. The molecule has 13 heavy (non-hydrogen) atoms. The number of benzene rings is 1. The summed E-state index contributed by atoms with van der Waals surface area (Å²) in [5.41, 5.74) is 3.64. The van der Waals surface area contributed by atoms with Crippen LogP contribution in [0.4, 0.5) is 0 Å². The molecular formula is C11H10BrN. The number of pyridine rings is 1. The maximum Gasteiger partial charge on any atom is 0.0745 e. The number of nitrogens with zero attached hydrogens (tertiary/aromatic N) is 1. The van der Waals surface area contributed by atoms with Crippen LogP contribution in [0.25, 0.3) is 10.9 Å². The number of aromatic nitrogens is 1. The first-order valence-corrected chi connectivity index (χ1v) is 5.00. The molecule has 0 aliphatic carbocycles. The van der Waals surface area contributed by atoms with Crippen LogP contribution in [0.5, 0.6) is 0 Å². The number of hydrogen-bond acceptors (Lipinski definition) is 1. The first-order valence-electron chi connectivity index (χ1n) is 4.20. The molecule has 1 nitrogen and oxygen atoms in total. The van der Waals surface area contributed by atoms with Crippen molar-refractivity contribution in [2.75, 3.05) is 0 Å². The third kappa shape index (κ3) is 1.35. The highest BCUT2D eigenvalue weighted by atomic mass is 79.9. The van der Waals surface area contributed by atoms with E-state index in [-0.39, 0.29) is 0 Å². The number of halogens is 1. The van der Waals surface area contributed by atoms with Gasteiger partial charge in [-0.2, -0.15) is 0 Å². The monoisotopic (exact) mass is 235 g/mol. The van der Waals surface area contributed by atoms with Gasteiger partial charge in [0.2, 0.25) is 0 Å². The molecule has 1 aromatic heterocycles. The fourth-order valence-corrected chi connectivity index (χ4v) is 1.87. The van der Waals surface area contributed by atoms with Gasteiger partial charge in [0, 0.05) is 16.1 Å². The average Bonchev–Trinajstić information content (AvgIpc) is 2.12. The SMILES string of the molecule is Cc1ccc2c(Br)ccnc2c1C. The molecule has 0 aliphatic rings. The van der Waals surface area contributed by atoms with Gasteiger partial charge in [-0.3, -0.25) is 4.98 Å². The van der Waals surface area contributed by atoms with Crippen LogP contribution in [0.2, 0.25) is 0 Å². The minimum atomic E-state index is 1.09. The quantitative estimate of drug-likeness (QED) is 0.680. The molecule has 1 heterocycles. The summed E-state index contributed by atoms with van der Waals surface area (Å²) in [6.45, 7) is 4.22. The number of fused-ring (bicyclic) bond motifs is 1. The van der Waals surface area contributed by atoms with Crippen molar-refractivity contribution >= 4 is 26.8 Å². The molecule has 0 aliphatic heterocycles. The van der Waals surface area contributed by atoms with Crippen LogP contribution in [-0.4, -0.2) is 4.98 Å². The predicted molar refractivity (Wildman–Crippen MR) is 58.9 cm³/mol. The van der Waals surface area contributed by atoms with E-state index in [0.717, 1.165) is 9.99 Å². The van der Waals surface area contributed by atoms with E-state index in [1.54, 1.807) is 0 Å². The van der Waals surface area contributed by atoms with Gasteiger partial charge in [0.1, 0.15) is 0 Å². The first-order chi connectivity index (χ1) is 6.20. The molecular weight excluding hydrogens is 226 g/mol. The minimum absolute atomic E-state index is 1.09. The zero-order valence-corrected chi connectivity index (χ0v) is 9.22. The highest BCUT2D eigenvalue weighted by molar-refractivity contribution is 9.10. The van der Waals surface area contributed by atoms with Crippen molar-refractivity contribution < 1.29 is 0 Å². The first kappa shape index (κ1) is 8.70. The Morgan fingerprint density at radius 1 is 1.15 bits per heavy atom. The summed E-state index contributed by atoms with van der Waals surface area (Å²) in [5.74, 6) is 0. The van der Waals surface area contributed by atoms with Gasteiger partial charge < -0.3 is 0 Å². The highest BCUT2D eigenvalue weighted by Crippen LogP contribution is 2.25. The fourth-order valence-electron chi connectivity index (χ4n) is 1.43. The Balaban J connectivity index is 2.94. The van der Waals surface area contributed by atoms with Crippen molar-refractivity contribution in [3.63, 3.8) is 0 Å². The number of aryl methyl sites for hydroxylation is 2. The molecule has 0 unspecified atom stereocenters. The normalized spacial score (nSPS) is 10.7. The van der Waals surface area contributed by atoms with Crippen molar-refractivity contribution in [1.29, 1.82) is 0 Å². The summed E-state index contributed by atoms with van der Waals surface area (Å²) in [4.78, 5) is 4.37. The molecule has 0 atom stereocenters. The predicted octanol–water partition coefficient (Wildman–Crippen LogP) is 3.61. The van der Waals surface area contributed by atoms with E-state index in [0.29, 0.717) is 0 Å². The Labute approximate surface area is 85.9 Å². The average molecular weight is 236 g/mol. The van der Waals surface area contributed by atoms with Crippen LogP contribution >= 0.6 is 15.9 Å². The molecule has 2 rings (SSSR count). The second kappa shape index (κ2) is 3.11. The van der Waals surface area contributed by atoms with Crippen molar-refractivity contribution in [3.8, 4) is 0 Å². The lowest BCUT2D eigenvalue weighted by Crippen LogP contribution is -1.87. The molecule has 0 saturated carbocycles. The van der Waals surface area contributed by atoms with E-state index in [1.807, 2.05) is 12.3 Å². The van der Waals surface area contributed by atoms with E-state index in [4.69, 9.17) is 0 Å². The van der Waals surface area contributed by atoms with Crippen LogP contribution in [-0.2, 0) is 0 Å². The number of hydrogen-bond donors (Lipinski definition) is 0. The summed E-state index contributed by atoms with van der Waals surface area (Å²) in [5, 5.41) is 1.19. The van der Waals surface area contributed by atoms with Crippen LogP contribution in [0.3, 0.4) is 0 Å². The Morgan fingerprint density at radius 3 is 2.69 bits per heavy atom. The lowest BCUT2D eigenvalue weighted by molar-refractivity contribution is 1.31. The molecule has 0 radical (unpaired) electrons. The smallest absolute Gasteiger partial charge is 0.0745 e. The maximum absolute atomic E-state index is 4.37. The van der Waals surface area contributed by atoms with Crippen LogP contribution in [0, 0.1) is 13.8 Å². The molecule has 2 heteroatoms. The summed E-state index contributed by atoms with van der Waals surface area (Å²) in [6, 6.07) is 6.20. The second-order valence-corrected chi connectivity index (χ2v) is 4.05. The van der Waals surface area contributed by atoms with Crippen LogP contribution < -0.4 is 0 Å². The topological polar surface area (TPSA) is 12.9 Å². The molecule has 1 aromatic carbocycles.